The topological polar surface area (TPSA) is 52.4 Å². The number of nitro benzene ring substituents is 1. The van der Waals surface area contributed by atoms with E-state index in [1.54, 1.807) is 12.1 Å². The van der Waals surface area contributed by atoms with E-state index in [1.807, 2.05) is 0 Å². The van der Waals surface area contributed by atoms with Crippen LogP contribution in [0.2, 0.25) is 0 Å². The lowest BCUT2D eigenvalue weighted by Gasteiger charge is -2.02. The van der Waals surface area contributed by atoms with Crippen molar-refractivity contribution in [3.8, 4) is 17.6 Å². The van der Waals surface area contributed by atoms with E-state index in [4.69, 9.17) is 16.3 Å². The van der Waals surface area contributed by atoms with Gasteiger partial charge in [-0.3, -0.25) is 10.1 Å². The van der Waals surface area contributed by atoms with Gasteiger partial charge in [0.05, 0.1) is 17.9 Å². The standard InChI is InChI=1S/C10H8ClNO3/c1-15-10-6-2-5-9(12(13)14)8(10)4-3-7-11/h2,5-6H,7H2,1H3. The van der Waals surface area contributed by atoms with Crippen molar-refractivity contribution in [2.45, 2.75) is 0 Å². The number of benzene rings is 1. The van der Waals surface area contributed by atoms with Crippen LogP contribution in [0.15, 0.2) is 18.2 Å². The summed E-state index contributed by atoms with van der Waals surface area (Å²) in [4.78, 5) is 10.2. The molecule has 0 unspecified atom stereocenters. The summed E-state index contributed by atoms with van der Waals surface area (Å²) >= 11 is 5.39. The minimum atomic E-state index is -0.499. The van der Waals surface area contributed by atoms with Crippen LogP contribution in [0.4, 0.5) is 5.69 Å². The number of hydrogen-bond acceptors (Lipinski definition) is 3. The number of nitrogens with zero attached hydrogens (tertiary/aromatic N) is 1. The van der Waals surface area contributed by atoms with Crippen LogP contribution in [-0.2, 0) is 0 Å². The predicted molar refractivity (Wildman–Crippen MR) is 57.2 cm³/mol. The maximum atomic E-state index is 10.7. The second-order valence-electron chi connectivity index (χ2n) is 2.55. The molecule has 0 radical (unpaired) electrons. The third kappa shape index (κ3) is 2.61. The summed E-state index contributed by atoms with van der Waals surface area (Å²) in [6.45, 7) is 0. The Bertz CT molecular complexity index is 434. The fourth-order valence-electron chi connectivity index (χ4n) is 1.09. The molecule has 78 valence electrons. The molecule has 1 rings (SSSR count). The summed E-state index contributed by atoms with van der Waals surface area (Å²) in [5.74, 6) is 5.68. The van der Waals surface area contributed by atoms with E-state index in [-0.39, 0.29) is 17.1 Å². The van der Waals surface area contributed by atoms with Crippen LogP contribution < -0.4 is 4.74 Å². The van der Waals surface area contributed by atoms with Gasteiger partial charge in [0.25, 0.3) is 5.69 Å². The summed E-state index contributed by atoms with van der Waals surface area (Å²) in [5.41, 5.74) is 0.178. The van der Waals surface area contributed by atoms with Gasteiger partial charge >= 0.3 is 0 Å². The first-order valence-electron chi connectivity index (χ1n) is 4.07. The molecule has 0 atom stereocenters. The van der Waals surface area contributed by atoms with Crippen molar-refractivity contribution in [3.05, 3.63) is 33.9 Å². The Morgan fingerprint density at radius 3 is 2.87 bits per heavy atom. The Hall–Kier alpha value is -1.73. The van der Waals surface area contributed by atoms with E-state index in [9.17, 15) is 10.1 Å². The van der Waals surface area contributed by atoms with Crippen LogP contribution in [0, 0.1) is 22.0 Å². The molecule has 0 saturated carbocycles. The molecule has 0 heterocycles. The lowest BCUT2D eigenvalue weighted by Crippen LogP contribution is -1.95. The molecule has 5 heteroatoms. The highest BCUT2D eigenvalue weighted by molar-refractivity contribution is 6.19. The summed E-state index contributed by atoms with van der Waals surface area (Å²) in [5, 5.41) is 10.7. The normalized spacial score (nSPS) is 8.93. The monoisotopic (exact) mass is 225 g/mol. The van der Waals surface area contributed by atoms with Gasteiger partial charge in [-0.1, -0.05) is 17.9 Å². The molecule has 1 aromatic carbocycles. The van der Waals surface area contributed by atoms with Crippen molar-refractivity contribution < 1.29 is 9.66 Å². The Kier molecular flexibility index (Phi) is 3.95. The lowest BCUT2D eigenvalue weighted by molar-refractivity contribution is -0.385. The summed E-state index contributed by atoms with van der Waals surface area (Å²) in [7, 11) is 1.44. The Morgan fingerprint density at radius 2 is 2.33 bits per heavy atom. The highest BCUT2D eigenvalue weighted by atomic mass is 35.5. The summed E-state index contributed by atoms with van der Waals surface area (Å²) in [6, 6.07) is 4.54. The highest BCUT2D eigenvalue weighted by Crippen LogP contribution is 2.26. The van der Waals surface area contributed by atoms with Gasteiger partial charge in [-0.15, -0.1) is 11.6 Å². The molecule has 0 aromatic heterocycles. The van der Waals surface area contributed by atoms with Crippen LogP contribution >= 0.6 is 11.6 Å². The third-order valence-electron chi connectivity index (χ3n) is 1.70. The molecular formula is C10H8ClNO3. The number of ether oxygens (including phenoxy) is 1. The Balaban J connectivity index is 3.33. The second kappa shape index (κ2) is 5.23. The van der Waals surface area contributed by atoms with Gasteiger partial charge in [0.2, 0.25) is 0 Å². The van der Waals surface area contributed by atoms with E-state index in [0.29, 0.717) is 5.75 Å². The van der Waals surface area contributed by atoms with Crippen molar-refractivity contribution in [2.24, 2.45) is 0 Å². The van der Waals surface area contributed by atoms with Crippen LogP contribution in [0.1, 0.15) is 5.56 Å². The van der Waals surface area contributed by atoms with Gasteiger partial charge in [-0.05, 0) is 6.07 Å². The number of rotatable bonds is 2. The predicted octanol–water partition coefficient (Wildman–Crippen LogP) is 2.19. The molecule has 0 fully saturated rings. The summed E-state index contributed by atoms with van der Waals surface area (Å²) in [6.07, 6.45) is 0. The average Bonchev–Trinajstić information content (AvgIpc) is 2.25. The summed E-state index contributed by atoms with van der Waals surface area (Å²) < 4.78 is 4.98. The molecule has 0 aliphatic carbocycles. The molecule has 0 saturated heterocycles. The minimum Gasteiger partial charge on any atom is -0.495 e. The molecular weight excluding hydrogens is 218 g/mol. The first-order valence-corrected chi connectivity index (χ1v) is 4.60. The average molecular weight is 226 g/mol. The third-order valence-corrected chi connectivity index (χ3v) is 1.83. The van der Waals surface area contributed by atoms with Crippen molar-refractivity contribution in [1.29, 1.82) is 0 Å². The van der Waals surface area contributed by atoms with Crippen molar-refractivity contribution in [2.75, 3.05) is 13.0 Å². The highest BCUT2D eigenvalue weighted by Gasteiger charge is 2.15. The number of methoxy groups -OCH3 is 1. The Morgan fingerprint density at radius 1 is 1.60 bits per heavy atom. The van der Waals surface area contributed by atoms with Crippen LogP contribution in [0.25, 0.3) is 0 Å². The van der Waals surface area contributed by atoms with E-state index < -0.39 is 4.92 Å². The van der Waals surface area contributed by atoms with Crippen LogP contribution in [0.5, 0.6) is 5.75 Å². The molecule has 0 aliphatic heterocycles. The number of halogens is 1. The number of alkyl halides is 1. The molecule has 0 aliphatic rings. The zero-order chi connectivity index (χ0) is 11.3. The second-order valence-corrected chi connectivity index (χ2v) is 2.81. The molecule has 0 amide bonds. The minimum absolute atomic E-state index is 0.0769. The molecule has 0 N–H and O–H groups in total. The maximum Gasteiger partial charge on any atom is 0.288 e. The largest absolute Gasteiger partial charge is 0.495 e. The maximum absolute atomic E-state index is 10.7. The van der Waals surface area contributed by atoms with Gasteiger partial charge in [0.1, 0.15) is 11.3 Å². The number of nitro groups is 1. The zero-order valence-electron chi connectivity index (χ0n) is 7.99. The first-order chi connectivity index (χ1) is 7.20. The van der Waals surface area contributed by atoms with E-state index in [1.165, 1.54) is 13.2 Å². The number of hydrogen-bond donors (Lipinski definition) is 0. The molecule has 1 aromatic rings. The quantitative estimate of drug-likeness (QED) is 0.336. The van der Waals surface area contributed by atoms with Crippen molar-refractivity contribution in [3.63, 3.8) is 0 Å². The smallest absolute Gasteiger partial charge is 0.288 e. The Labute approximate surface area is 92.0 Å². The fourth-order valence-corrected chi connectivity index (χ4v) is 1.16. The van der Waals surface area contributed by atoms with Gasteiger partial charge < -0.3 is 4.74 Å². The van der Waals surface area contributed by atoms with Crippen molar-refractivity contribution in [1.82, 2.24) is 0 Å². The molecule has 4 nitrogen and oxygen atoms in total. The van der Waals surface area contributed by atoms with Crippen LogP contribution in [-0.4, -0.2) is 17.9 Å². The molecule has 0 spiro atoms. The molecule has 0 bridgehead atoms. The lowest BCUT2D eigenvalue weighted by atomic mass is 10.1. The van der Waals surface area contributed by atoms with Gasteiger partial charge in [-0.25, -0.2) is 0 Å². The van der Waals surface area contributed by atoms with E-state index in [0.717, 1.165) is 0 Å². The van der Waals surface area contributed by atoms with Gasteiger partial charge in [-0.2, -0.15) is 0 Å². The molecule has 15 heavy (non-hydrogen) atoms. The van der Waals surface area contributed by atoms with E-state index in [2.05, 4.69) is 11.8 Å². The first kappa shape index (κ1) is 11.3. The van der Waals surface area contributed by atoms with E-state index >= 15 is 0 Å². The SMILES string of the molecule is COc1cccc([N+](=O)[O-])c1C#CCCl. The fraction of sp³-hybridized carbons (Fsp3) is 0.200. The zero-order valence-corrected chi connectivity index (χ0v) is 8.75. The van der Waals surface area contributed by atoms with Crippen LogP contribution in [0.3, 0.4) is 0 Å². The van der Waals surface area contributed by atoms with Crippen molar-refractivity contribution >= 4 is 17.3 Å². The van der Waals surface area contributed by atoms with Gasteiger partial charge in [0.15, 0.2) is 0 Å². The van der Waals surface area contributed by atoms with Gasteiger partial charge in [0, 0.05) is 6.07 Å².